The van der Waals surface area contributed by atoms with Gasteiger partial charge in [0.25, 0.3) is 0 Å². The first kappa shape index (κ1) is 12.4. The molecule has 1 heterocycles. The summed E-state index contributed by atoms with van der Waals surface area (Å²) in [7, 11) is 2.26. The first-order valence-electron chi connectivity index (χ1n) is 7.17. The molecule has 0 bridgehead atoms. The van der Waals surface area contributed by atoms with E-state index in [9.17, 15) is 0 Å². The molecule has 2 atom stereocenters. The molecule has 0 spiro atoms. The summed E-state index contributed by atoms with van der Waals surface area (Å²) in [5.41, 5.74) is 0. The van der Waals surface area contributed by atoms with Crippen molar-refractivity contribution < 1.29 is 0 Å². The van der Waals surface area contributed by atoms with Crippen LogP contribution in [0.1, 0.15) is 45.4 Å². The summed E-state index contributed by atoms with van der Waals surface area (Å²) in [6, 6.07) is 0.710. The van der Waals surface area contributed by atoms with Crippen molar-refractivity contribution in [2.75, 3.05) is 26.7 Å². The molecule has 1 aliphatic heterocycles. The predicted molar refractivity (Wildman–Crippen MR) is 69.6 cm³/mol. The van der Waals surface area contributed by atoms with Crippen molar-refractivity contribution in [2.24, 2.45) is 11.8 Å². The number of likely N-dealkylation sites (tertiary alicyclic amines) is 1. The van der Waals surface area contributed by atoms with E-state index in [1.807, 2.05) is 0 Å². The Morgan fingerprint density at radius 1 is 1.31 bits per heavy atom. The van der Waals surface area contributed by atoms with Crippen LogP contribution in [-0.2, 0) is 0 Å². The molecule has 2 nitrogen and oxygen atoms in total. The van der Waals surface area contributed by atoms with Gasteiger partial charge in [-0.15, -0.1) is 0 Å². The van der Waals surface area contributed by atoms with Gasteiger partial charge in [-0.25, -0.2) is 0 Å². The van der Waals surface area contributed by atoms with E-state index in [1.165, 1.54) is 58.2 Å². The van der Waals surface area contributed by atoms with Gasteiger partial charge in [-0.1, -0.05) is 12.8 Å². The highest BCUT2D eigenvalue weighted by atomic mass is 15.1. The Hall–Kier alpha value is -0.0800. The quantitative estimate of drug-likeness (QED) is 0.697. The molecular formula is C14H28N2. The number of nitrogens with one attached hydrogen (secondary N) is 1. The molecule has 2 aliphatic rings. The van der Waals surface area contributed by atoms with Crippen LogP contribution in [0.15, 0.2) is 0 Å². The van der Waals surface area contributed by atoms with E-state index in [0.29, 0.717) is 6.04 Å². The van der Waals surface area contributed by atoms with Crippen molar-refractivity contribution in [2.45, 2.75) is 51.5 Å². The van der Waals surface area contributed by atoms with Gasteiger partial charge in [-0.3, -0.25) is 0 Å². The SMILES string of the molecule is CC(NCCCC1CC1)C1CCCN(C)C1. The number of hydrogen-bond donors (Lipinski definition) is 1. The number of rotatable bonds is 6. The van der Waals surface area contributed by atoms with Crippen LogP contribution in [0.2, 0.25) is 0 Å². The van der Waals surface area contributed by atoms with Crippen LogP contribution >= 0.6 is 0 Å². The Morgan fingerprint density at radius 2 is 2.12 bits per heavy atom. The Labute approximate surface area is 101 Å². The zero-order valence-electron chi connectivity index (χ0n) is 11.0. The topological polar surface area (TPSA) is 15.3 Å². The standard InChI is InChI=1S/C14H28N2/c1-12(14-6-4-10-16(2)11-14)15-9-3-5-13-7-8-13/h12-15H,3-11H2,1-2H3. The lowest BCUT2D eigenvalue weighted by molar-refractivity contribution is 0.179. The minimum atomic E-state index is 0.710. The third kappa shape index (κ3) is 4.06. The molecule has 2 unspecified atom stereocenters. The summed E-state index contributed by atoms with van der Waals surface area (Å²) in [5, 5.41) is 3.73. The summed E-state index contributed by atoms with van der Waals surface area (Å²) in [6.07, 6.45) is 8.66. The fourth-order valence-electron chi connectivity index (χ4n) is 2.91. The zero-order valence-corrected chi connectivity index (χ0v) is 11.0. The lowest BCUT2D eigenvalue weighted by Gasteiger charge is -2.34. The van der Waals surface area contributed by atoms with Crippen LogP contribution in [0.25, 0.3) is 0 Å². The largest absolute Gasteiger partial charge is 0.314 e. The molecule has 2 fully saturated rings. The molecule has 0 aromatic carbocycles. The zero-order chi connectivity index (χ0) is 11.4. The van der Waals surface area contributed by atoms with Gasteiger partial charge in [-0.05, 0) is 64.6 Å². The highest BCUT2D eigenvalue weighted by molar-refractivity contribution is 4.79. The van der Waals surface area contributed by atoms with Gasteiger partial charge in [0.2, 0.25) is 0 Å². The van der Waals surface area contributed by atoms with E-state index in [0.717, 1.165) is 11.8 Å². The van der Waals surface area contributed by atoms with Crippen LogP contribution < -0.4 is 5.32 Å². The van der Waals surface area contributed by atoms with Crippen LogP contribution in [0.5, 0.6) is 0 Å². The Kier molecular flexibility index (Phi) is 4.66. The summed E-state index contributed by atoms with van der Waals surface area (Å²) in [5.74, 6) is 1.97. The predicted octanol–water partition coefficient (Wildman–Crippen LogP) is 2.50. The third-order valence-corrected chi connectivity index (χ3v) is 4.32. The lowest BCUT2D eigenvalue weighted by atomic mass is 9.92. The van der Waals surface area contributed by atoms with Crippen molar-refractivity contribution in [3.8, 4) is 0 Å². The van der Waals surface area contributed by atoms with E-state index in [1.54, 1.807) is 0 Å². The van der Waals surface area contributed by atoms with Gasteiger partial charge in [0.1, 0.15) is 0 Å². The molecule has 0 aromatic rings. The van der Waals surface area contributed by atoms with E-state index < -0.39 is 0 Å². The average molecular weight is 224 g/mol. The molecular weight excluding hydrogens is 196 g/mol. The molecule has 16 heavy (non-hydrogen) atoms. The second kappa shape index (κ2) is 6.02. The van der Waals surface area contributed by atoms with Crippen LogP contribution in [-0.4, -0.2) is 37.6 Å². The van der Waals surface area contributed by atoms with Crippen LogP contribution in [0, 0.1) is 11.8 Å². The van der Waals surface area contributed by atoms with E-state index in [-0.39, 0.29) is 0 Å². The molecule has 2 heteroatoms. The maximum atomic E-state index is 3.73. The molecule has 94 valence electrons. The fourth-order valence-corrected chi connectivity index (χ4v) is 2.91. The monoisotopic (exact) mass is 224 g/mol. The van der Waals surface area contributed by atoms with Crippen LogP contribution in [0.3, 0.4) is 0 Å². The molecule has 1 saturated heterocycles. The van der Waals surface area contributed by atoms with Crippen molar-refractivity contribution in [3.63, 3.8) is 0 Å². The van der Waals surface area contributed by atoms with Gasteiger partial charge in [-0.2, -0.15) is 0 Å². The summed E-state index contributed by atoms with van der Waals surface area (Å²) in [6.45, 7) is 6.19. The van der Waals surface area contributed by atoms with Crippen molar-refractivity contribution in [1.29, 1.82) is 0 Å². The van der Waals surface area contributed by atoms with Gasteiger partial charge >= 0.3 is 0 Å². The van der Waals surface area contributed by atoms with Crippen molar-refractivity contribution in [1.82, 2.24) is 10.2 Å². The second-order valence-electron chi connectivity index (χ2n) is 5.99. The van der Waals surface area contributed by atoms with E-state index >= 15 is 0 Å². The van der Waals surface area contributed by atoms with Gasteiger partial charge in [0.05, 0.1) is 0 Å². The van der Waals surface area contributed by atoms with Gasteiger partial charge < -0.3 is 10.2 Å². The summed E-state index contributed by atoms with van der Waals surface area (Å²) in [4.78, 5) is 2.48. The summed E-state index contributed by atoms with van der Waals surface area (Å²) >= 11 is 0. The summed E-state index contributed by atoms with van der Waals surface area (Å²) < 4.78 is 0. The van der Waals surface area contributed by atoms with E-state index in [2.05, 4.69) is 24.2 Å². The molecule has 0 radical (unpaired) electrons. The maximum Gasteiger partial charge on any atom is 0.00792 e. The highest BCUT2D eigenvalue weighted by Gasteiger charge is 2.23. The Balaban J connectivity index is 1.56. The third-order valence-electron chi connectivity index (χ3n) is 4.32. The molecule has 1 N–H and O–H groups in total. The molecule has 0 aromatic heterocycles. The number of nitrogens with zero attached hydrogens (tertiary/aromatic N) is 1. The smallest absolute Gasteiger partial charge is 0.00792 e. The van der Waals surface area contributed by atoms with Crippen molar-refractivity contribution in [3.05, 3.63) is 0 Å². The second-order valence-corrected chi connectivity index (χ2v) is 5.99. The normalized spacial score (nSPS) is 29.2. The Bertz CT molecular complexity index is 201. The molecule has 1 aliphatic carbocycles. The van der Waals surface area contributed by atoms with Crippen LogP contribution in [0.4, 0.5) is 0 Å². The minimum absolute atomic E-state index is 0.710. The number of hydrogen-bond acceptors (Lipinski definition) is 2. The van der Waals surface area contributed by atoms with Gasteiger partial charge in [0.15, 0.2) is 0 Å². The lowest BCUT2D eigenvalue weighted by Crippen LogP contribution is -2.43. The van der Waals surface area contributed by atoms with Gasteiger partial charge in [0, 0.05) is 12.6 Å². The fraction of sp³-hybridized carbons (Fsp3) is 1.00. The van der Waals surface area contributed by atoms with E-state index in [4.69, 9.17) is 0 Å². The molecule has 1 saturated carbocycles. The minimum Gasteiger partial charge on any atom is -0.314 e. The first-order valence-corrected chi connectivity index (χ1v) is 7.17. The highest BCUT2D eigenvalue weighted by Crippen LogP contribution is 2.33. The van der Waals surface area contributed by atoms with Crippen molar-refractivity contribution >= 4 is 0 Å². The maximum absolute atomic E-state index is 3.73. The molecule has 2 rings (SSSR count). The average Bonchev–Trinajstić information content (AvgIpc) is 3.08. The first-order chi connectivity index (χ1) is 7.75. The number of piperidine rings is 1. The molecule has 0 amide bonds. The Morgan fingerprint density at radius 3 is 2.81 bits per heavy atom.